The minimum absolute atomic E-state index is 0.0241. The highest BCUT2D eigenvalue weighted by Gasteiger charge is 2.19. The van der Waals surface area contributed by atoms with E-state index in [1.807, 2.05) is 64.2 Å². The van der Waals surface area contributed by atoms with Gasteiger partial charge in [-0.3, -0.25) is 9.59 Å². The van der Waals surface area contributed by atoms with Crippen LogP contribution in [0, 0.1) is 0 Å². The fourth-order valence-corrected chi connectivity index (χ4v) is 2.63. The first kappa shape index (κ1) is 19.7. The summed E-state index contributed by atoms with van der Waals surface area (Å²) in [5.41, 5.74) is 1.68. The van der Waals surface area contributed by atoms with Crippen molar-refractivity contribution < 1.29 is 9.59 Å². The van der Waals surface area contributed by atoms with Gasteiger partial charge < -0.3 is 10.2 Å². The van der Waals surface area contributed by atoms with Crippen LogP contribution in [0.3, 0.4) is 0 Å². The summed E-state index contributed by atoms with van der Waals surface area (Å²) < 4.78 is 1.80. The molecule has 0 spiro atoms. The van der Waals surface area contributed by atoms with Crippen molar-refractivity contribution in [2.45, 2.75) is 46.1 Å². The number of carbonyl (C=O) groups is 2. The lowest BCUT2D eigenvalue weighted by molar-refractivity contribution is -0.136. The average Bonchev–Trinajstić information content (AvgIpc) is 3.06. The van der Waals surface area contributed by atoms with E-state index in [1.54, 1.807) is 15.8 Å². The second-order valence-electron chi connectivity index (χ2n) is 7.33. The van der Waals surface area contributed by atoms with Crippen molar-refractivity contribution in [3.63, 3.8) is 0 Å². The van der Waals surface area contributed by atoms with Crippen molar-refractivity contribution in [1.29, 1.82) is 0 Å². The summed E-state index contributed by atoms with van der Waals surface area (Å²) in [4.78, 5) is 26.1. The number of hydrogen-bond donors (Lipinski definition) is 1. The monoisotopic (exact) mass is 356 g/mol. The maximum atomic E-state index is 12.4. The first-order chi connectivity index (χ1) is 12.3. The fraction of sp³-hybridized carbons (Fsp3) is 0.450. The van der Waals surface area contributed by atoms with Crippen LogP contribution in [-0.2, 0) is 16.0 Å². The molecule has 0 bridgehead atoms. The topological polar surface area (TPSA) is 67.2 Å². The van der Waals surface area contributed by atoms with Crippen LogP contribution in [0.25, 0.3) is 5.69 Å². The van der Waals surface area contributed by atoms with Gasteiger partial charge in [0.15, 0.2) is 0 Å². The number of amides is 2. The molecule has 1 aromatic heterocycles. The van der Waals surface area contributed by atoms with Gasteiger partial charge in [0.2, 0.25) is 11.8 Å². The number of likely N-dealkylation sites (N-methyl/N-ethyl adjacent to an activating group) is 1. The zero-order chi connectivity index (χ0) is 19.2. The smallest absolute Gasteiger partial charge is 0.240 e. The van der Waals surface area contributed by atoms with Gasteiger partial charge in [-0.05, 0) is 51.8 Å². The van der Waals surface area contributed by atoms with E-state index >= 15 is 0 Å². The summed E-state index contributed by atoms with van der Waals surface area (Å²) in [5.74, 6) is -0.159. The normalized spacial score (nSPS) is 11.2. The molecule has 0 fully saturated rings. The summed E-state index contributed by atoms with van der Waals surface area (Å²) in [7, 11) is 0. The van der Waals surface area contributed by atoms with Gasteiger partial charge in [0.1, 0.15) is 0 Å². The van der Waals surface area contributed by atoms with Crippen LogP contribution in [0.4, 0.5) is 0 Å². The molecule has 6 nitrogen and oxygen atoms in total. The lowest BCUT2D eigenvalue weighted by Gasteiger charge is -2.25. The second kappa shape index (κ2) is 8.65. The van der Waals surface area contributed by atoms with Gasteiger partial charge in [0.05, 0.1) is 18.4 Å². The zero-order valence-corrected chi connectivity index (χ0v) is 16.0. The molecule has 0 unspecified atom stereocenters. The first-order valence-corrected chi connectivity index (χ1v) is 8.96. The highest BCUT2D eigenvalue weighted by molar-refractivity contribution is 5.85. The number of benzene rings is 1. The summed E-state index contributed by atoms with van der Waals surface area (Å²) >= 11 is 0. The minimum atomic E-state index is -0.300. The highest BCUT2D eigenvalue weighted by Crippen LogP contribution is 2.10. The van der Waals surface area contributed by atoms with Crippen LogP contribution < -0.4 is 5.32 Å². The number of para-hydroxylation sites is 1. The molecule has 2 amide bonds. The van der Waals surface area contributed by atoms with Crippen LogP contribution in [0.2, 0.25) is 0 Å². The third-order valence-corrected chi connectivity index (χ3v) is 3.87. The number of nitrogens with one attached hydrogen (secondary N) is 1. The van der Waals surface area contributed by atoms with E-state index < -0.39 is 0 Å². The highest BCUT2D eigenvalue weighted by atomic mass is 16.2. The van der Waals surface area contributed by atoms with Crippen molar-refractivity contribution >= 4 is 11.8 Å². The third kappa shape index (κ3) is 6.02. The molecule has 0 aliphatic carbocycles. The van der Waals surface area contributed by atoms with Gasteiger partial charge in [-0.2, -0.15) is 5.10 Å². The molecule has 2 aromatic rings. The molecule has 1 N–H and O–H groups in total. The lowest BCUT2D eigenvalue weighted by Crippen LogP contribution is -2.47. The molecule has 0 saturated carbocycles. The second-order valence-corrected chi connectivity index (χ2v) is 7.33. The molecule has 0 atom stereocenters. The Kier molecular flexibility index (Phi) is 6.55. The molecule has 26 heavy (non-hydrogen) atoms. The maximum absolute atomic E-state index is 12.4. The quantitative estimate of drug-likeness (QED) is 0.829. The van der Waals surface area contributed by atoms with E-state index in [9.17, 15) is 9.59 Å². The van der Waals surface area contributed by atoms with Gasteiger partial charge in [0, 0.05) is 24.7 Å². The van der Waals surface area contributed by atoms with Gasteiger partial charge in [-0.25, -0.2) is 4.68 Å². The molecule has 0 saturated heterocycles. The summed E-state index contributed by atoms with van der Waals surface area (Å²) in [6.45, 7) is 8.26. The molecule has 2 rings (SSSR count). The summed E-state index contributed by atoms with van der Waals surface area (Å²) in [6.07, 6.45) is 4.67. The van der Waals surface area contributed by atoms with Crippen molar-refractivity contribution in [3.8, 4) is 5.69 Å². The van der Waals surface area contributed by atoms with Gasteiger partial charge in [-0.15, -0.1) is 0 Å². The van der Waals surface area contributed by atoms with Crippen molar-refractivity contribution in [3.05, 3.63) is 48.3 Å². The number of hydrogen-bond acceptors (Lipinski definition) is 3. The standard InChI is InChI=1S/C20H28N4O2/c1-5-23(15-18(25)22-20(2,3)4)19(26)12-11-16-13-21-24(14-16)17-9-7-6-8-10-17/h6-10,13-14H,5,11-12,15H2,1-4H3,(H,22,25). The third-order valence-electron chi connectivity index (χ3n) is 3.87. The Morgan fingerprint density at radius 2 is 1.88 bits per heavy atom. The Morgan fingerprint density at radius 3 is 2.50 bits per heavy atom. The van der Waals surface area contributed by atoms with Crippen LogP contribution in [0.15, 0.2) is 42.7 Å². The van der Waals surface area contributed by atoms with Gasteiger partial charge in [0.25, 0.3) is 0 Å². The molecule has 0 radical (unpaired) electrons. The van der Waals surface area contributed by atoms with E-state index in [0.29, 0.717) is 19.4 Å². The summed E-state index contributed by atoms with van der Waals surface area (Å²) in [6, 6.07) is 9.84. The van der Waals surface area contributed by atoms with Gasteiger partial charge >= 0.3 is 0 Å². The Morgan fingerprint density at radius 1 is 1.19 bits per heavy atom. The predicted molar refractivity (Wildman–Crippen MR) is 102 cm³/mol. The minimum Gasteiger partial charge on any atom is -0.350 e. The molecule has 140 valence electrons. The van der Waals surface area contributed by atoms with Crippen LogP contribution >= 0.6 is 0 Å². The van der Waals surface area contributed by atoms with Crippen molar-refractivity contribution in [1.82, 2.24) is 20.0 Å². The molecule has 6 heteroatoms. The number of nitrogens with zero attached hydrogens (tertiary/aromatic N) is 3. The average molecular weight is 356 g/mol. The molecular formula is C20H28N4O2. The lowest BCUT2D eigenvalue weighted by atomic mass is 10.1. The molecule has 1 heterocycles. The fourth-order valence-electron chi connectivity index (χ4n) is 2.63. The number of rotatable bonds is 7. The Hall–Kier alpha value is -2.63. The van der Waals surface area contributed by atoms with E-state index in [-0.39, 0.29) is 23.9 Å². The SMILES string of the molecule is CCN(CC(=O)NC(C)(C)C)C(=O)CCc1cnn(-c2ccccc2)c1. The Bertz CT molecular complexity index is 732. The molecule has 0 aliphatic rings. The number of aromatic nitrogens is 2. The van der Waals surface area contributed by atoms with Crippen LogP contribution in [0.1, 0.15) is 39.7 Å². The van der Waals surface area contributed by atoms with E-state index in [0.717, 1.165) is 11.3 Å². The Balaban J connectivity index is 1.89. The number of aryl methyl sites for hydroxylation is 1. The maximum Gasteiger partial charge on any atom is 0.240 e. The summed E-state index contributed by atoms with van der Waals surface area (Å²) in [5, 5.41) is 7.23. The predicted octanol–water partition coefficient (Wildman–Crippen LogP) is 2.57. The molecule has 1 aromatic carbocycles. The Labute approximate surface area is 155 Å². The zero-order valence-electron chi connectivity index (χ0n) is 16.0. The van der Waals surface area contributed by atoms with E-state index in [4.69, 9.17) is 0 Å². The largest absolute Gasteiger partial charge is 0.350 e. The van der Waals surface area contributed by atoms with Gasteiger partial charge in [-0.1, -0.05) is 18.2 Å². The van der Waals surface area contributed by atoms with Crippen LogP contribution in [0.5, 0.6) is 0 Å². The van der Waals surface area contributed by atoms with E-state index in [1.165, 1.54) is 0 Å². The van der Waals surface area contributed by atoms with Crippen LogP contribution in [-0.4, -0.2) is 45.1 Å². The first-order valence-electron chi connectivity index (χ1n) is 8.96. The van der Waals surface area contributed by atoms with Crippen molar-refractivity contribution in [2.24, 2.45) is 0 Å². The van der Waals surface area contributed by atoms with E-state index in [2.05, 4.69) is 10.4 Å². The molecular weight excluding hydrogens is 328 g/mol. The van der Waals surface area contributed by atoms with Crippen molar-refractivity contribution in [2.75, 3.05) is 13.1 Å². The molecule has 0 aliphatic heterocycles. The number of carbonyl (C=O) groups excluding carboxylic acids is 2.